The standard InChI is InChI=1S/C25H28N4O2S/c1-6-31-23(30)21-18(5)26-24-27-25(32-14-20-12-9-16(3)13-17(20)4)28-29(24)22(21)19-10-7-15(2)8-11-19/h7-13,22H,6,14H2,1-5H3,(H,26,27,28). The number of benzene rings is 2. The number of carbonyl (C=O) groups excluding carboxylic acids is 1. The van der Waals surface area contributed by atoms with Gasteiger partial charge in [0.2, 0.25) is 11.1 Å². The van der Waals surface area contributed by atoms with Crippen molar-refractivity contribution in [1.82, 2.24) is 14.8 Å². The van der Waals surface area contributed by atoms with Crippen LogP contribution in [0.2, 0.25) is 0 Å². The molecule has 32 heavy (non-hydrogen) atoms. The van der Waals surface area contributed by atoms with E-state index in [2.05, 4.69) is 37.4 Å². The number of thioether (sulfide) groups is 1. The number of fused-ring (bicyclic) bond motifs is 1. The minimum Gasteiger partial charge on any atom is -0.463 e. The normalized spacial score (nSPS) is 15.3. The highest BCUT2D eigenvalue weighted by Gasteiger charge is 2.35. The highest BCUT2D eigenvalue weighted by Crippen LogP contribution is 2.37. The molecule has 0 radical (unpaired) electrons. The van der Waals surface area contributed by atoms with Crippen LogP contribution in [0.3, 0.4) is 0 Å². The molecule has 0 fully saturated rings. The van der Waals surface area contributed by atoms with Crippen molar-refractivity contribution in [3.8, 4) is 0 Å². The monoisotopic (exact) mass is 448 g/mol. The fourth-order valence-electron chi connectivity index (χ4n) is 3.87. The van der Waals surface area contributed by atoms with E-state index in [1.165, 1.54) is 16.7 Å². The zero-order chi connectivity index (χ0) is 22.8. The van der Waals surface area contributed by atoms with E-state index in [1.54, 1.807) is 16.4 Å². The Morgan fingerprint density at radius 2 is 1.81 bits per heavy atom. The quantitative estimate of drug-likeness (QED) is 0.405. The van der Waals surface area contributed by atoms with Crippen LogP contribution in [0.15, 0.2) is 58.9 Å². The Kier molecular flexibility index (Phi) is 6.37. The molecule has 1 atom stereocenters. The molecule has 0 aliphatic carbocycles. The summed E-state index contributed by atoms with van der Waals surface area (Å²) < 4.78 is 7.17. The first-order chi connectivity index (χ1) is 15.4. The number of aromatic nitrogens is 3. The van der Waals surface area contributed by atoms with Crippen molar-refractivity contribution in [2.75, 3.05) is 11.9 Å². The summed E-state index contributed by atoms with van der Waals surface area (Å²) >= 11 is 1.59. The number of anilines is 1. The molecule has 0 amide bonds. The molecule has 0 spiro atoms. The minimum atomic E-state index is -0.395. The lowest BCUT2D eigenvalue weighted by Crippen LogP contribution is -2.29. The van der Waals surface area contributed by atoms with Crippen molar-refractivity contribution in [3.05, 3.63) is 81.6 Å². The van der Waals surface area contributed by atoms with Crippen LogP contribution in [0.25, 0.3) is 0 Å². The molecule has 1 aromatic heterocycles. The van der Waals surface area contributed by atoms with Gasteiger partial charge in [0.05, 0.1) is 12.2 Å². The predicted molar refractivity (Wildman–Crippen MR) is 128 cm³/mol. The van der Waals surface area contributed by atoms with Crippen LogP contribution in [0.5, 0.6) is 0 Å². The van der Waals surface area contributed by atoms with Gasteiger partial charge in [0.1, 0.15) is 6.04 Å². The van der Waals surface area contributed by atoms with Gasteiger partial charge in [-0.1, -0.05) is 65.4 Å². The van der Waals surface area contributed by atoms with Gasteiger partial charge in [-0.3, -0.25) is 0 Å². The van der Waals surface area contributed by atoms with Crippen molar-refractivity contribution < 1.29 is 9.53 Å². The molecule has 1 N–H and O–H groups in total. The molecule has 166 valence electrons. The molecule has 6 nitrogen and oxygen atoms in total. The van der Waals surface area contributed by atoms with Gasteiger partial charge in [0.15, 0.2) is 0 Å². The highest BCUT2D eigenvalue weighted by molar-refractivity contribution is 7.98. The number of nitrogens with zero attached hydrogens (tertiary/aromatic N) is 3. The first-order valence-corrected chi connectivity index (χ1v) is 11.7. The van der Waals surface area contributed by atoms with E-state index in [-0.39, 0.29) is 5.97 Å². The van der Waals surface area contributed by atoms with Crippen LogP contribution in [0.1, 0.15) is 47.7 Å². The summed E-state index contributed by atoms with van der Waals surface area (Å²) in [6.07, 6.45) is 0. The van der Waals surface area contributed by atoms with Gasteiger partial charge in [-0.05, 0) is 51.3 Å². The third-order valence-corrected chi connectivity index (χ3v) is 6.46. The number of ether oxygens (including phenoxy) is 1. The van der Waals surface area contributed by atoms with Gasteiger partial charge in [-0.25, -0.2) is 9.48 Å². The van der Waals surface area contributed by atoms with Crippen LogP contribution >= 0.6 is 11.8 Å². The lowest BCUT2D eigenvalue weighted by molar-refractivity contribution is -0.139. The second-order valence-electron chi connectivity index (χ2n) is 8.08. The fraction of sp³-hybridized carbons (Fsp3) is 0.320. The maximum absolute atomic E-state index is 12.9. The minimum absolute atomic E-state index is 0.317. The van der Waals surface area contributed by atoms with E-state index >= 15 is 0 Å². The summed E-state index contributed by atoms with van der Waals surface area (Å²) in [4.78, 5) is 17.6. The summed E-state index contributed by atoms with van der Waals surface area (Å²) in [5, 5.41) is 8.71. The van der Waals surface area contributed by atoms with Crippen LogP contribution in [0, 0.1) is 20.8 Å². The Morgan fingerprint density at radius 3 is 2.50 bits per heavy atom. The lowest BCUT2D eigenvalue weighted by Gasteiger charge is -2.28. The first-order valence-electron chi connectivity index (χ1n) is 10.7. The van der Waals surface area contributed by atoms with Gasteiger partial charge in [0.25, 0.3) is 0 Å². The first kappa shape index (κ1) is 22.1. The second kappa shape index (κ2) is 9.20. The number of allylic oxidation sites excluding steroid dienone is 1. The molecule has 0 bridgehead atoms. The Balaban J connectivity index is 1.68. The Hall–Kier alpha value is -3.06. The van der Waals surface area contributed by atoms with Gasteiger partial charge >= 0.3 is 5.97 Å². The molecule has 4 rings (SSSR count). The fourth-order valence-corrected chi connectivity index (χ4v) is 4.78. The Bertz CT molecular complexity index is 1180. The van der Waals surface area contributed by atoms with E-state index < -0.39 is 6.04 Å². The van der Waals surface area contributed by atoms with Crippen LogP contribution in [-0.2, 0) is 15.3 Å². The topological polar surface area (TPSA) is 69.0 Å². The van der Waals surface area contributed by atoms with Crippen molar-refractivity contribution in [2.24, 2.45) is 0 Å². The average molecular weight is 449 g/mol. The van der Waals surface area contributed by atoms with Crippen molar-refractivity contribution in [1.29, 1.82) is 0 Å². The number of hydrogen-bond donors (Lipinski definition) is 1. The highest BCUT2D eigenvalue weighted by atomic mass is 32.2. The van der Waals surface area contributed by atoms with E-state index in [0.29, 0.717) is 23.3 Å². The zero-order valence-corrected chi connectivity index (χ0v) is 19.9. The molecule has 1 aliphatic heterocycles. The summed E-state index contributed by atoms with van der Waals surface area (Å²) in [7, 11) is 0. The molecule has 1 aliphatic rings. The zero-order valence-electron chi connectivity index (χ0n) is 19.1. The Morgan fingerprint density at radius 1 is 1.09 bits per heavy atom. The van der Waals surface area contributed by atoms with Gasteiger partial charge in [-0.2, -0.15) is 4.98 Å². The maximum atomic E-state index is 12.9. The summed E-state index contributed by atoms with van der Waals surface area (Å²) in [5.41, 5.74) is 7.20. The van der Waals surface area contributed by atoms with Crippen molar-refractivity contribution in [2.45, 2.75) is 51.6 Å². The number of aryl methyl sites for hydroxylation is 3. The average Bonchev–Trinajstić information content (AvgIpc) is 3.15. The smallest absolute Gasteiger partial charge is 0.338 e. The van der Waals surface area contributed by atoms with Gasteiger partial charge < -0.3 is 10.1 Å². The molecular formula is C25H28N4O2S. The van der Waals surface area contributed by atoms with Gasteiger partial charge in [0, 0.05) is 11.4 Å². The van der Waals surface area contributed by atoms with Crippen LogP contribution < -0.4 is 5.32 Å². The number of esters is 1. The SMILES string of the molecule is CCOC(=O)C1=C(C)Nc2nc(SCc3ccc(C)cc3C)nn2C1c1ccc(C)cc1. The van der Waals surface area contributed by atoms with Crippen molar-refractivity contribution >= 4 is 23.7 Å². The molecular weight excluding hydrogens is 420 g/mol. The van der Waals surface area contributed by atoms with Crippen LogP contribution in [0.4, 0.5) is 5.95 Å². The molecule has 0 saturated heterocycles. The van der Waals surface area contributed by atoms with E-state index in [1.807, 2.05) is 45.0 Å². The number of rotatable bonds is 6. The number of hydrogen-bond acceptors (Lipinski definition) is 6. The molecule has 3 aromatic rings. The molecule has 7 heteroatoms. The van der Waals surface area contributed by atoms with Crippen molar-refractivity contribution in [3.63, 3.8) is 0 Å². The molecule has 2 heterocycles. The lowest BCUT2D eigenvalue weighted by atomic mass is 9.95. The summed E-state index contributed by atoms with van der Waals surface area (Å²) in [5.74, 6) is 1.07. The third-order valence-electron chi connectivity index (χ3n) is 5.58. The largest absolute Gasteiger partial charge is 0.463 e. The second-order valence-corrected chi connectivity index (χ2v) is 9.02. The van der Waals surface area contributed by atoms with E-state index in [0.717, 1.165) is 22.6 Å². The third kappa shape index (κ3) is 4.43. The number of carbonyl (C=O) groups is 1. The van der Waals surface area contributed by atoms with E-state index in [4.69, 9.17) is 14.8 Å². The van der Waals surface area contributed by atoms with E-state index in [9.17, 15) is 4.79 Å². The molecule has 2 aromatic carbocycles. The summed E-state index contributed by atoms with van der Waals surface area (Å²) in [6, 6.07) is 14.2. The van der Waals surface area contributed by atoms with Gasteiger partial charge in [-0.15, -0.1) is 5.10 Å². The molecule has 0 saturated carbocycles. The maximum Gasteiger partial charge on any atom is 0.338 e. The van der Waals surface area contributed by atoms with Crippen LogP contribution in [-0.4, -0.2) is 27.3 Å². The molecule has 1 unspecified atom stereocenters. The summed E-state index contributed by atoms with van der Waals surface area (Å²) in [6.45, 7) is 10.3. The number of nitrogens with one attached hydrogen (secondary N) is 1. The Labute approximate surface area is 193 Å². The predicted octanol–water partition coefficient (Wildman–Crippen LogP) is 5.35.